The van der Waals surface area contributed by atoms with E-state index in [2.05, 4.69) is 4.98 Å². The Morgan fingerprint density at radius 1 is 1.50 bits per heavy atom. The summed E-state index contributed by atoms with van der Waals surface area (Å²) in [7, 11) is 0. The SMILES string of the molecule is CC.Cc1ccnc(F)c1CN. The van der Waals surface area contributed by atoms with E-state index in [1.807, 2.05) is 20.8 Å². The van der Waals surface area contributed by atoms with E-state index in [1.54, 1.807) is 6.07 Å². The zero-order valence-electron chi connectivity index (χ0n) is 7.76. The number of rotatable bonds is 1. The Labute approximate surface area is 72.6 Å². The largest absolute Gasteiger partial charge is 0.326 e. The van der Waals surface area contributed by atoms with Crippen LogP contribution < -0.4 is 5.73 Å². The Kier molecular flexibility index (Phi) is 5.21. The molecule has 0 aliphatic rings. The van der Waals surface area contributed by atoms with Gasteiger partial charge in [-0.05, 0) is 18.6 Å². The van der Waals surface area contributed by atoms with Gasteiger partial charge in [0.05, 0.1) is 0 Å². The van der Waals surface area contributed by atoms with Crippen molar-refractivity contribution in [3.63, 3.8) is 0 Å². The first-order valence-electron chi connectivity index (χ1n) is 4.05. The molecule has 0 spiro atoms. The summed E-state index contributed by atoms with van der Waals surface area (Å²) < 4.78 is 12.7. The first kappa shape index (κ1) is 11.0. The normalized spacial score (nSPS) is 8.75. The quantitative estimate of drug-likeness (QED) is 0.655. The number of aromatic nitrogens is 1. The van der Waals surface area contributed by atoms with Crippen molar-refractivity contribution in [2.75, 3.05) is 0 Å². The van der Waals surface area contributed by atoms with Gasteiger partial charge in [0.25, 0.3) is 0 Å². The van der Waals surface area contributed by atoms with Crippen LogP contribution in [0.15, 0.2) is 12.3 Å². The van der Waals surface area contributed by atoms with Crippen molar-refractivity contribution in [1.82, 2.24) is 4.98 Å². The van der Waals surface area contributed by atoms with Gasteiger partial charge in [-0.2, -0.15) is 4.39 Å². The second-order valence-electron chi connectivity index (χ2n) is 2.10. The van der Waals surface area contributed by atoms with E-state index in [-0.39, 0.29) is 6.54 Å². The molecule has 1 heterocycles. The molecule has 0 unspecified atom stereocenters. The average Bonchev–Trinajstić information content (AvgIpc) is 2.08. The summed E-state index contributed by atoms with van der Waals surface area (Å²) in [5.74, 6) is -0.456. The van der Waals surface area contributed by atoms with E-state index in [0.29, 0.717) is 5.56 Å². The van der Waals surface area contributed by atoms with Gasteiger partial charge in [0, 0.05) is 18.3 Å². The second-order valence-corrected chi connectivity index (χ2v) is 2.10. The van der Waals surface area contributed by atoms with Crippen molar-refractivity contribution in [1.29, 1.82) is 0 Å². The van der Waals surface area contributed by atoms with Gasteiger partial charge in [-0.25, -0.2) is 4.98 Å². The maximum atomic E-state index is 12.7. The highest BCUT2D eigenvalue weighted by Gasteiger charge is 2.02. The topological polar surface area (TPSA) is 38.9 Å². The van der Waals surface area contributed by atoms with Crippen LogP contribution in [0.2, 0.25) is 0 Å². The summed E-state index contributed by atoms with van der Waals surface area (Å²) in [5, 5.41) is 0. The maximum Gasteiger partial charge on any atom is 0.217 e. The van der Waals surface area contributed by atoms with Crippen LogP contribution in [0.1, 0.15) is 25.0 Å². The zero-order valence-corrected chi connectivity index (χ0v) is 7.76. The number of pyridine rings is 1. The van der Waals surface area contributed by atoms with Crippen molar-refractivity contribution in [2.45, 2.75) is 27.3 Å². The minimum Gasteiger partial charge on any atom is -0.326 e. The van der Waals surface area contributed by atoms with Crippen molar-refractivity contribution in [3.05, 3.63) is 29.3 Å². The lowest BCUT2D eigenvalue weighted by Crippen LogP contribution is -2.03. The highest BCUT2D eigenvalue weighted by Crippen LogP contribution is 2.07. The summed E-state index contributed by atoms with van der Waals surface area (Å²) >= 11 is 0. The molecule has 0 atom stereocenters. The molecule has 0 amide bonds. The lowest BCUT2D eigenvalue weighted by atomic mass is 10.1. The van der Waals surface area contributed by atoms with Crippen molar-refractivity contribution in [3.8, 4) is 0 Å². The number of nitrogens with zero attached hydrogens (tertiary/aromatic N) is 1. The van der Waals surface area contributed by atoms with Crippen LogP contribution in [0.5, 0.6) is 0 Å². The van der Waals surface area contributed by atoms with Gasteiger partial charge in [0.15, 0.2) is 0 Å². The first-order chi connectivity index (χ1) is 5.75. The Morgan fingerprint density at radius 2 is 2.08 bits per heavy atom. The summed E-state index contributed by atoms with van der Waals surface area (Å²) in [4.78, 5) is 3.46. The predicted octanol–water partition coefficient (Wildman–Crippen LogP) is 2.01. The van der Waals surface area contributed by atoms with Crippen molar-refractivity contribution in [2.24, 2.45) is 5.73 Å². The van der Waals surface area contributed by atoms with Crippen LogP contribution in [0.25, 0.3) is 0 Å². The van der Waals surface area contributed by atoms with E-state index >= 15 is 0 Å². The number of hydrogen-bond acceptors (Lipinski definition) is 2. The Balaban J connectivity index is 0.000000561. The highest BCUT2D eigenvalue weighted by atomic mass is 19.1. The van der Waals surface area contributed by atoms with Crippen LogP contribution in [-0.4, -0.2) is 4.98 Å². The smallest absolute Gasteiger partial charge is 0.217 e. The van der Waals surface area contributed by atoms with Crippen LogP contribution in [0, 0.1) is 12.9 Å². The Hall–Kier alpha value is -0.960. The van der Waals surface area contributed by atoms with E-state index < -0.39 is 5.95 Å². The molecule has 12 heavy (non-hydrogen) atoms. The lowest BCUT2D eigenvalue weighted by Gasteiger charge is -2.00. The van der Waals surface area contributed by atoms with Gasteiger partial charge in [-0.15, -0.1) is 0 Å². The fourth-order valence-electron chi connectivity index (χ4n) is 0.801. The molecular weight excluding hydrogens is 155 g/mol. The lowest BCUT2D eigenvalue weighted by molar-refractivity contribution is 0.565. The molecule has 2 nitrogen and oxygen atoms in total. The molecule has 1 aromatic rings. The molecule has 1 rings (SSSR count). The molecule has 0 bridgehead atoms. The molecule has 3 heteroatoms. The van der Waals surface area contributed by atoms with Crippen LogP contribution >= 0.6 is 0 Å². The molecule has 68 valence electrons. The van der Waals surface area contributed by atoms with E-state index in [1.165, 1.54) is 6.20 Å². The van der Waals surface area contributed by atoms with Crippen molar-refractivity contribution < 1.29 is 4.39 Å². The second kappa shape index (κ2) is 5.66. The third-order valence-electron chi connectivity index (χ3n) is 1.44. The monoisotopic (exact) mass is 170 g/mol. The fraction of sp³-hybridized carbons (Fsp3) is 0.444. The zero-order chi connectivity index (χ0) is 9.56. The summed E-state index contributed by atoms with van der Waals surface area (Å²) in [5.41, 5.74) is 6.63. The molecule has 0 fully saturated rings. The van der Waals surface area contributed by atoms with Crippen molar-refractivity contribution >= 4 is 0 Å². The van der Waals surface area contributed by atoms with Gasteiger partial charge in [-0.1, -0.05) is 13.8 Å². The molecule has 0 aromatic carbocycles. The molecular formula is C9H15FN2. The predicted molar refractivity (Wildman–Crippen MR) is 48.2 cm³/mol. The molecule has 0 saturated heterocycles. The standard InChI is InChI=1S/C7H9FN2.C2H6/c1-5-2-3-10-7(8)6(5)4-9;1-2/h2-3H,4,9H2,1H3;1-2H3. The van der Waals surface area contributed by atoms with E-state index in [4.69, 9.17) is 5.73 Å². The van der Waals surface area contributed by atoms with Gasteiger partial charge < -0.3 is 5.73 Å². The first-order valence-corrected chi connectivity index (χ1v) is 4.05. The molecule has 1 aromatic heterocycles. The average molecular weight is 170 g/mol. The number of halogens is 1. The fourth-order valence-corrected chi connectivity index (χ4v) is 0.801. The van der Waals surface area contributed by atoms with Gasteiger partial charge >= 0.3 is 0 Å². The minimum absolute atomic E-state index is 0.214. The summed E-state index contributed by atoms with van der Waals surface area (Å²) in [6.07, 6.45) is 1.43. The molecule has 0 aliphatic carbocycles. The van der Waals surface area contributed by atoms with Crippen LogP contribution in [0.4, 0.5) is 4.39 Å². The molecule has 0 radical (unpaired) electrons. The van der Waals surface area contributed by atoms with Crippen LogP contribution in [0.3, 0.4) is 0 Å². The number of hydrogen-bond donors (Lipinski definition) is 1. The van der Waals surface area contributed by atoms with Gasteiger partial charge in [0.2, 0.25) is 5.95 Å². The Bertz CT molecular complexity index is 216. The molecule has 0 saturated carbocycles. The third-order valence-corrected chi connectivity index (χ3v) is 1.44. The molecule has 2 N–H and O–H groups in total. The minimum atomic E-state index is -0.456. The number of nitrogens with two attached hydrogens (primary N) is 1. The molecule has 0 aliphatic heterocycles. The summed E-state index contributed by atoms with van der Waals surface area (Å²) in [6.45, 7) is 6.03. The maximum absolute atomic E-state index is 12.7. The van der Waals surface area contributed by atoms with Gasteiger partial charge in [-0.3, -0.25) is 0 Å². The number of aryl methyl sites for hydroxylation is 1. The van der Waals surface area contributed by atoms with Gasteiger partial charge in [0.1, 0.15) is 0 Å². The highest BCUT2D eigenvalue weighted by molar-refractivity contribution is 5.22. The Morgan fingerprint density at radius 3 is 2.42 bits per heavy atom. The third kappa shape index (κ3) is 2.58. The van der Waals surface area contributed by atoms with Crippen LogP contribution in [-0.2, 0) is 6.54 Å². The van der Waals surface area contributed by atoms with E-state index in [0.717, 1.165) is 5.56 Å². The summed E-state index contributed by atoms with van der Waals surface area (Å²) in [6, 6.07) is 1.74. The van der Waals surface area contributed by atoms with E-state index in [9.17, 15) is 4.39 Å².